The first-order valence-electron chi connectivity index (χ1n) is 8.40. The first-order valence-corrected chi connectivity index (χ1v) is 8.40. The van der Waals surface area contributed by atoms with E-state index in [9.17, 15) is 18.8 Å². The Balaban J connectivity index is 2.03. The average Bonchev–Trinajstić information content (AvgIpc) is 2.83. The van der Waals surface area contributed by atoms with Gasteiger partial charge >= 0.3 is 0 Å². The van der Waals surface area contributed by atoms with Crippen LogP contribution in [0.4, 0.5) is 4.39 Å². The molecule has 0 radical (unpaired) electrons. The fraction of sp³-hybridized carbons (Fsp3) is 0.500. The van der Waals surface area contributed by atoms with Crippen LogP contribution in [-0.4, -0.2) is 60.7 Å². The van der Waals surface area contributed by atoms with E-state index in [2.05, 4.69) is 5.32 Å². The third kappa shape index (κ3) is 5.01. The number of benzene rings is 1. The van der Waals surface area contributed by atoms with E-state index in [0.717, 1.165) is 0 Å². The third-order valence-electron chi connectivity index (χ3n) is 4.50. The molecule has 0 unspecified atom stereocenters. The van der Waals surface area contributed by atoms with Gasteiger partial charge in [-0.25, -0.2) is 4.39 Å². The molecule has 1 heterocycles. The standard InChI is InChI=1S/C18H24FN3O3/c1-13(23)21-9-10-22(12-15(11-21)18(25)20-2)17(24)8-7-14-5-3-4-6-16(14)19/h3-6,15H,7-12H2,1-2H3,(H,20,25)/t15-/m0/s1. The van der Waals surface area contributed by atoms with E-state index in [1.807, 2.05) is 0 Å². The number of nitrogens with zero attached hydrogens (tertiary/aromatic N) is 2. The summed E-state index contributed by atoms with van der Waals surface area (Å²) in [6, 6.07) is 6.38. The van der Waals surface area contributed by atoms with Crippen LogP contribution in [0.5, 0.6) is 0 Å². The van der Waals surface area contributed by atoms with Crippen molar-refractivity contribution in [2.24, 2.45) is 5.92 Å². The third-order valence-corrected chi connectivity index (χ3v) is 4.50. The molecule has 136 valence electrons. The number of aryl methyl sites for hydroxylation is 1. The molecule has 1 aliphatic rings. The fourth-order valence-corrected chi connectivity index (χ4v) is 3.00. The first kappa shape index (κ1) is 18.9. The largest absolute Gasteiger partial charge is 0.359 e. The van der Waals surface area contributed by atoms with Crippen molar-refractivity contribution in [3.63, 3.8) is 0 Å². The summed E-state index contributed by atoms with van der Waals surface area (Å²) in [5.41, 5.74) is 0.499. The van der Waals surface area contributed by atoms with Crippen LogP contribution in [0.25, 0.3) is 0 Å². The molecule has 1 N–H and O–H groups in total. The number of amides is 3. The highest BCUT2D eigenvalue weighted by molar-refractivity contribution is 5.82. The molecule has 2 rings (SSSR count). The molecule has 1 atom stereocenters. The van der Waals surface area contributed by atoms with Crippen molar-refractivity contribution in [3.8, 4) is 0 Å². The molecule has 1 saturated heterocycles. The second-order valence-corrected chi connectivity index (χ2v) is 6.21. The molecule has 1 fully saturated rings. The molecule has 1 aromatic rings. The molecule has 0 spiro atoms. The summed E-state index contributed by atoms with van der Waals surface area (Å²) in [7, 11) is 1.54. The Labute approximate surface area is 147 Å². The van der Waals surface area contributed by atoms with Gasteiger partial charge in [-0.05, 0) is 18.1 Å². The van der Waals surface area contributed by atoms with Crippen LogP contribution in [0.15, 0.2) is 24.3 Å². The van der Waals surface area contributed by atoms with E-state index < -0.39 is 5.92 Å². The number of halogens is 1. The van der Waals surface area contributed by atoms with Gasteiger partial charge in [-0.1, -0.05) is 18.2 Å². The van der Waals surface area contributed by atoms with Crippen LogP contribution >= 0.6 is 0 Å². The van der Waals surface area contributed by atoms with Crippen molar-refractivity contribution < 1.29 is 18.8 Å². The predicted octanol–water partition coefficient (Wildman–Crippen LogP) is 0.811. The lowest BCUT2D eigenvalue weighted by Crippen LogP contribution is -2.42. The number of carbonyl (C=O) groups excluding carboxylic acids is 3. The average molecular weight is 349 g/mol. The normalized spacial score (nSPS) is 17.8. The van der Waals surface area contributed by atoms with Crippen LogP contribution in [0.1, 0.15) is 18.9 Å². The molecule has 0 bridgehead atoms. The lowest BCUT2D eigenvalue weighted by Gasteiger charge is -2.23. The molecule has 0 aliphatic carbocycles. The molecule has 1 aliphatic heterocycles. The van der Waals surface area contributed by atoms with Crippen molar-refractivity contribution in [1.29, 1.82) is 0 Å². The fourth-order valence-electron chi connectivity index (χ4n) is 3.00. The van der Waals surface area contributed by atoms with Gasteiger partial charge in [0.05, 0.1) is 5.92 Å². The van der Waals surface area contributed by atoms with Crippen LogP contribution in [0.2, 0.25) is 0 Å². The summed E-state index contributed by atoms with van der Waals surface area (Å²) < 4.78 is 13.7. The molecule has 7 heteroatoms. The minimum atomic E-state index is -0.464. The second kappa shape index (κ2) is 8.60. The lowest BCUT2D eigenvalue weighted by molar-refractivity contribution is -0.133. The Bertz CT molecular complexity index is 650. The maximum absolute atomic E-state index is 13.7. The van der Waals surface area contributed by atoms with E-state index in [0.29, 0.717) is 31.6 Å². The van der Waals surface area contributed by atoms with Crippen LogP contribution in [0, 0.1) is 11.7 Å². The van der Waals surface area contributed by atoms with Gasteiger partial charge in [-0.2, -0.15) is 0 Å². The Morgan fingerprint density at radius 1 is 1.16 bits per heavy atom. The summed E-state index contributed by atoms with van der Waals surface area (Å²) in [5.74, 6) is -1.23. The summed E-state index contributed by atoms with van der Waals surface area (Å²) in [6.07, 6.45) is 0.477. The van der Waals surface area contributed by atoms with E-state index in [1.165, 1.54) is 20.0 Å². The Hall–Kier alpha value is -2.44. The van der Waals surface area contributed by atoms with Gasteiger partial charge in [0.1, 0.15) is 5.82 Å². The summed E-state index contributed by atoms with van der Waals surface area (Å²) in [6.45, 7) is 2.79. The van der Waals surface area contributed by atoms with Crippen molar-refractivity contribution in [1.82, 2.24) is 15.1 Å². The summed E-state index contributed by atoms with van der Waals surface area (Å²) in [4.78, 5) is 39.5. The Morgan fingerprint density at radius 3 is 2.44 bits per heavy atom. The van der Waals surface area contributed by atoms with E-state index >= 15 is 0 Å². The van der Waals surface area contributed by atoms with Gasteiger partial charge in [0.25, 0.3) is 0 Å². The van der Waals surface area contributed by atoms with Crippen molar-refractivity contribution >= 4 is 17.7 Å². The van der Waals surface area contributed by atoms with E-state index in [1.54, 1.807) is 28.0 Å². The molecule has 1 aromatic carbocycles. The van der Waals surface area contributed by atoms with Crippen molar-refractivity contribution in [3.05, 3.63) is 35.6 Å². The maximum atomic E-state index is 13.7. The second-order valence-electron chi connectivity index (χ2n) is 6.21. The first-order chi connectivity index (χ1) is 11.9. The maximum Gasteiger partial charge on any atom is 0.226 e. The summed E-state index contributed by atoms with van der Waals surface area (Å²) >= 11 is 0. The SMILES string of the molecule is CNC(=O)[C@H]1CN(C(C)=O)CCN(C(=O)CCc2ccccc2F)C1. The Kier molecular flexibility index (Phi) is 6.50. The van der Waals surface area contributed by atoms with Gasteiger partial charge in [0.15, 0.2) is 0 Å². The molecular formula is C18H24FN3O3. The summed E-state index contributed by atoms with van der Waals surface area (Å²) in [5, 5.41) is 2.58. The molecule has 0 saturated carbocycles. The van der Waals surface area contributed by atoms with Crippen LogP contribution in [0.3, 0.4) is 0 Å². The van der Waals surface area contributed by atoms with Crippen LogP contribution in [-0.2, 0) is 20.8 Å². The highest BCUT2D eigenvalue weighted by atomic mass is 19.1. The van der Waals surface area contributed by atoms with Crippen molar-refractivity contribution in [2.75, 3.05) is 33.2 Å². The van der Waals surface area contributed by atoms with E-state index in [4.69, 9.17) is 0 Å². The van der Waals surface area contributed by atoms with Gasteiger partial charge in [-0.3, -0.25) is 14.4 Å². The molecule has 0 aromatic heterocycles. The quantitative estimate of drug-likeness (QED) is 0.875. The topological polar surface area (TPSA) is 69.7 Å². The van der Waals surface area contributed by atoms with Gasteiger partial charge in [0.2, 0.25) is 17.7 Å². The smallest absolute Gasteiger partial charge is 0.226 e. The lowest BCUT2D eigenvalue weighted by atomic mass is 10.1. The minimum absolute atomic E-state index is 0.116. The molecular weight excluding hydrogens is 325 g/mol. The zero-order chi connectivity index (χ0) is 18.4. The number of hydrogen-bond donors (Lipinski definition) is 1. The highest BCUT2D eigenvalue weighted by Crippen LogP contribution is 2.14. The predicted molar refractivity (Wildman–Crippen MR) is 91.1 cm³/mol. The Morgan fingerprint density at radius 2 is 1.80 bits per heavy atom. The molecule has 6 nitrogen and oxygen atoms in total. The zero-order valence-corrected chi connectivity index (χ0v) is 14.6. The number of hydrogen-bond acceptors (Lipinski definition) is 3. The van der Waals surface area contributed by atoms with Crippen molar-refractivity contribution in [2.45, 2.75) is 19.8 Å². The van der Waals surface area contributed by atoms with Gasteiger partial charge < -0.3 is 15.1 Å². The molecule has 25 heavy (non-hydrogen) atoms. The minimum Gasteiger partial charge on any atom is -0.359 e. The van der Waals surface area contributed by atoms with E-state index in [-0.39, 0.29) is 36.5 Å². The van der Waals surface area contributed by atoms with Gasteiger partial charge in [-0.15, -0.1) is 0 Å². The van der Waals surface area contributed by atoms with Crippen LogP contribution < -0.4 is 5.32 Å². The van der Waals surface area contributed by atoms with Gasteiger partial charge in [0, 0.05) is 46.6 Å². The number of nitrogens with one attached hydrogen (secondary N) is 1. The molecule has 3 amide bonds. The monoisotopic (exact) mass is 349 g/mol. The number of rotatable bonds is 4. The zero-order valence-electron chi connectivity index (χ0n) is 14.6. The highest BCUT2D eigenvalue weighted by Gasteiger charge is 2.30. The number of carbonyl (C=O) groups is 3.